The monoisotopic (exact) mass is 447 g/mol. The number of aryl methyl sites for hydroxylation is 2. The van der Waals surface area contributed by atoms with Crippen molar-refractivity contribution in [2.45, 2.75) is 72.2 Å². The highest BCUT2D eigenvalue weighted by Gasteiger charge is 2.36. The number of hydrogen-bond donors (Lipinski definition) is 3. The molecular formula is C24H37N3O5. The Morgan fingerprint density at radius 1 is 1.19 bits per heavy atom. The van der Waals surface area contributed by atoms with Gasteiger partial charge in [0.25, 0.3) is 0 Å². The maximum atomic E-state index is 13.4. The summed E-state index contributed by atoms with van der Waals surface area (Å²) in [7, 11) is 0. The minimum Gasteiger partial charge on any atom is -0.444 e. The summed E-state index contributed by atoms with van der Waals surface area (Å²) in [6.07, 6.45) is 0.664. The fourth-order valence-electron chi connectivity index (χ4n) is 3.24. The molecule has 0 saturated heterocycles. The van der Waals surface area contributed by atoms with Crippen molar-refractivity contribution in [2.24, 2.45) is 0 Å². The van der Waals surface area contributed by atoms with Crippen LogP contribution in [0.25, 0.3) is 0 Å². The number of carbonyl (C=O) groups is 3. The van der Waals surface area contributed by atoms with E-state index in [1.165, 1.54) is 11.0 Å². The molecule has 0 fully saturated rings. The molecule has 0 spiro atoms. The molecule has 0 heterocycles. The minimum atomic E-state index is -1.29. The predicted molar refractivity (Wildman–Crippen MR) is 124 cm³/mol. The lowest BCUT2D eigenvalue weighted by Crippen LogP contribution is -2.54. The van der Waals surface area contributed by atoms with Crippen molar-refractivity contribution < 1.29 is 24.2 Å². The number of aliphatic hydroxyl groups excluding tert-OH is 1. The Balaban J connectivity index is 3.39. The van der Waals surface area contributed by atoms with Crippen LogP contribution in [0.2, 0.25) is 0 Å². The third kappa shape index (κ3) is 8.00. The Kier molecular flexibility index (Phi) is 9.90. The summed E-state index contributed by atoms with van der Waals surface area (Å²) < 4.78 is 5.21. The summed E-state index contributed by atoms with van der Waals surface area (Å²) in [6.45, 7) is 15.6. The number of ether oxygens (including phenoxy) is 1. The fraction of sp³-hybridized carbons (Fsp3) is 0.542. The topological polar surface area (TPSA) is 108 Å². The molecule has 2 unspecified atom stereocenters. The first-order valence-electron chi connectivity index (χ1n) is 10.7. The van der Waals surface area contributed by atoms with Crippen molar-refractivity contribution in [2.75, 3.05) is 13.2 Å². The molecule has 0 radical (unpaired) electrons. The van der Waals surface area contributed by atoms with E-state index < -0.39 is 36.3 Å². The molecule has 0 aliphatic carbocycles. The molecule has 3 amide bonds. The van der Waals surface area contributed by atoms with Crippen molar-refractivity contribution in [3.63, 3.8) is 0 Å². The molecule has 32 heavy (non-hydrogen) atoms. The van der Waals surface area contributed by atoms with Gasteiger partial charge in [0, 0.05) is 12.6 Å². The van der Waals surface area contributed by atoms with Crippen LogP contribution >= 0.6 is 0 Å². The Hall–Kier alpha value is -2.87. The maximum absolute atomic E-state index is 13.4. The van der Waals surface area contributed by atoms with Gasteiger partial charge in [-0.15, -0.1) is 6.58 Å². The van der Waals surface area contributed by atoms with E-state index in [2.05, 4.69) is 17.2 Å². The van der Waals surface area contributed by atoms with E-state index in [4.69, 9.17) is 4.74 Å². The molecule has 0 aliphatic rings. The van der Waals surface area contributed by atoms with Gasteiger partial charge in [0.2, 0.25) is 11.8 Å². The summed E-state index contributed by atoms with van der Waals surface area (Å²) in [6, 6.07) is 3.21. The zero-order valence-electron chi connectivity index (χ0n) is 20.2. The van der Waals surface area contributed by atoms with Crippen LogP contribution < -0.4 is 10.6 Å². The van der Waals surface area contributed by atoms with E-state index in [0.29, 0.717) is 5.56 Å². The van der Waals surface area contributed by atoms with E-state index >= 15 is 0 Å². The highest BCUT2D eigenvalue weighted by molar-refractivity contribution is 5.92. The largest absolute Gasteiger partial charge is 0.444 e. The summed E-state index contributed by atoms with van der Waals surface area (Å²) >= 11 is 0. The van der Waals surface area contributed by atoms with Crippen LogP contribution in [0.15, 0.2) is 30.9 Å². The van der Waals surface area contributed by atoms with E-state index in [1.807, 2.05) is 45.9 Å². The van der Waals surface area contributed by atoms with Crippen LogP contribution in [-0.4, -0.2) is 58.8 Å². The normalized spacial score (nSPS) is 13.2. The first-order valence-corrected chi connectivity index (χ1v) is 10.7. The Morgan fingerprint density at radius 3 is 2.28 bits per heavy atom. The maximum Gasteiger partial charge on any atom is 0.408 e. The van der Waals surface area contributed by atoms with Gasteiger partial charge in [0.05, 0.1) is 6.61 Å². The van der Waals surface area contributed by atoms with Gasteiger partial charge in [-0.05, 0) is 59.6 Å². The van der Waals surface area contributed by atoms with Gasteiger partial charge in [-0.25, -0.2) is 4.79 Å². The predicted octanol–water partition coefficient (Wildman–Crippen LogP) is 2.77. The van der Waals surface area contributed by atoms with E-state index in [9.17, 15) is 19.5 Å². The van der Waals surface area contributed by atoms with Crippen LogP contribution in [-0.2, 0) is 14.3 Å². The average Bonchev–Trinajstić information content (AvgIpc) is 2.64. The molecule has 0 bridgehead atoms. The number of amides is 3. The van der Waals surface area contributed by atoms with Crippen LogP contribution in [0, 0.1) is 13.8 Å². The molecule has 1 aromatic carbocycles. The Labute approximate surface area is 191 Å². The van der Waals surface area contributed by atoms with E-state index in [1.54, 1.807) is 20.8 Å². The van der Waals surface area contributed by atoms with Crippen molar-refractivity contribution in [3.05, 3.63) is 47.5 Å². The minimum absolute atomic E-state index is 0.0365. The Morgan fingerprint density at radius 2 is 1.81 bits per heavy atom. The number of hydrogen-bond acceptors (Lipinski definition) is 5. The molecule has 2 atom stereocenters. The molecule has 8 nitrogen and oxygen atoms in total. The van der Waals surface area contributed by atoms with Crippen LogP contribution in [0.4, 0.5) is 4.79 Å². The third-order valence-corrected chi connectivity index (χ3v) is 4.49. The number of rotatable bonds is 9. The quantitative estimate of drug-likeness (QED) is 0.505. The zero-order valence-corrected chi connectivity index (χ0v) is 20.2. The summed E-state index contributed by atoms with van der Waals surface area (Å²) in [5.41, 5.74) is 1.75. The van der Waals surface area contributed by atoms with Gasteiger partial charge in [0.1, 0.15) is 17.7 Å². The molecule has 0 saturated carbocycles. The molecule has 1 rings (SSSR count). The number of alkyl carbamates (subject to hydrolysis) is 1. The number of aliphatic hydroxyl groups is 1. The number of carbonyl (C=O) groups excluding carboxylic acids is 3. The number of benzene rings is 1. The first-order chi connectivity index (χ1) is 14.8. The van der Waals surface area contributed by atoms with Crippen LogP contribution in [0.3, 0.4) is 0 Å². The summed E-state index contributed by atoms with van der Waals surface area (Å²) in [5, 5.41) is 15.1. The van der Waals surface area contributed by atoms with Crippen molar-refractivity contribution in [3.8, 4) is 0 Å². The Bertz CT molecular complexity index is 829. The smallest absolute Gasteiger partial charge is 0.408 e. The van der Waals surface area contributed by atoms with E-state index in [-0.39, 0.29) is 18.5 Å². The lowest BCUT2D eigenvalue weighted by Gasteiger charge is -2.34. The molecule has 3 N–H and O–H groups in total. The standard InChI is InChI=1S/C24H37N3O5/c1-9-12-27(22(30)19(14-28)26-23(31)32-24(6,7)8)20(21(29)25-15(2)3)18-11-10-16(4)13-17(18)5/h9-11,13,15,19-20,28H,1,12,14H2,2-8H3,(H,25,29)(H,26,31). The second kappa shape index (κ2) is 11.7. The first kappa shape index (κ1) is 27.2. The lowest BCUT2D eigenvalue weighted by atomic mass is 9.96. The molecule has 8 heteroatoms. The molecule has 0 aliphatic heterocycles. The van der Waals surface area contributed by atoms with Crippen LogP contribution in [0.5, 0.6) is 0 Å². The molecule has 0 aromatic heterocycles. The van der Waals surface area contributed by atoms with Crippen molar-refractivity contribution in [1.29, 1.82) is 0 Å². The SMILES string of the molecule is C=CCN(C(=O)C(CO)NC(=O)OC(C)(C)C)C(C(=O)NC(C)C)c1ccc(C)cc1C. The average molecular weight is 448 g/mol. The van der Waals surface area contributed by atoms with Gasteiger partial charge in [-0.2, -0.15) is 0 Å². The fourth-order valence-corrected chi connectivity index (χ4v) is 3.24. The van der Waals surface area contributed by atoms with Crippen molar-refractivity contribution >= 4 is 17.9 Å². The second-order valence-corrected chi connectivity index (χ2v) is 9.09. The van der Waals surface area contributed by atoms with Gasteiger partial charge in [0.15, 0.2) is 0 Å². The van der Waals surface area contributed by atoms with Gasteiger partial charge >= 0.3 is 6.09 Å². The van der Waals surface area contributed by atoms with Crippen LogP contribution in [0.1, 0.15) is 57.4 Å². The molecular weight excluding hydrogens is 410 g/mol. The highest BCUT2D eigenvalue weighted by atomic mass is 16.6. The lowest BCUT2D eigenvalue weighted by molar-refractivity contribution is -0.142. The van der Waals surface area contributed by atoms with Gasteiger partial charge in [-0.3, -0.25) is 9.59 Å². The molecule has 1 aromatic rings. The molecule has 178 valence electrons. The number of nitrogens with one attached hydrogen (secondary N) is 2. The summed E-state index contributed by atoms with van der Waals surface area (Å²) in [4.78, 5) is 40.2. The number of nitrogens with zero attached hydrogens (tertiary/aromatic N) is 1. The zero-order chi connectivity index (χ0) is 24.6. The third-order valence-electron chi connectivity index (χ3n) is 4.49. The van der Waals surface area contributed by atoms with E-state index in [0.717, 1.165) is 11.1 Å². The summed E-state index contributed by atoms with van der Waals surface area (Å²) in [5.74, 6) is -0.988. The van der Waals surface area contributed by atoms with Crippen molar-refractivity contribution in [1.82, 2.24) is 15.5 Å². The second-order valence-electron chi connectivity index (χ2n) is 9.09. The highest BCUT2D eigenvalue weighted by Crippen LogP contribution is 2.26. The van der Waals surface area contributed by atoms with Gasteiger partial charge in [-0.1, -0.05) is 29.8 Å². The van der Waals surface area contributed by atoms with Gasteiger partial charge < -0.3 is 25.4 Å².